The highest BCUT2D eigenvalue weighted by Gasteiger charge is 2.22. The van der Waals surface area contributed by atoms with E-state index in [0.29, 0.717) is 0 Å². The van der Waals surface area contributed by atoms with E-state index < -0.39 is 0 Å². The molecule has 0 aliphatic heterocycles. The maximum absolute atomic E-state index is 6.84. The highest BCUT2D eigenvalue weighted by atomic mass is 16.3. The Morgan fingerprint density at radius 1 is 0.276 bits per heavy atom. The average Bonchev–Trinajstić information content (AvgIpc) is 3.98. The zero-order valence-electron chi connectivity index (χ0n) is 31.2. The molecule has 0 fully saturated rings. The number of furan rings is 3. The third-order valence-corrected chi connectivity index (χ3v) is 11.5. The van der Waals surface area contributed by atoms with Crippen molar-refractivity contribution in [2.75, 3.05) is 4.90 Å². The van der Waals surface area contributed by atoms with Gasteiger partial charge in [0.1, 0.15) is 33.5 Å². The molecule has 4 heteroatoms. The van der Waals surface area contributed by atoms with Crippen LogP contribution < -0.4 is 4.90 Å². The van der Waals surface area contributed by atoms with Crippen LogP contribution in [0, 0.1) is 0 Å². The summed E-state index contributed by atoms with van der Waals surface area (Å²) in [7, 11) is 0. The Bertz CT molecular complexity index is 3440. The summed E-state index contributed by atoms with van der Waals surface area (Å²) in [4.78, 5) is 2.28. The van der Waals surface area contributed by atoms with Gasteiger partial charge in [0.2, 0.25) is 0 Å². The third-order valence-electron chi connectivity index (χ3n) is 11.5. The van der Waals surface area contributed by atoms with Gasteiger partial charge in [-0.1, -0.05) is 127 Å². The summed E-state index contributed by atoms with van der Waals surface area (Å²) in [5.41, 5.74) is 14.9. The SMILES string of the molecule is c1ccc(N(c2ccccc2)c2ccc(-c3ccc(-c4cc(-c5cccc6c5oc5ccccc56)cc5c4oc4ccc6oc7ccccc7c6c45)cc3)cc2)cc1. The van der Waals surface area contributed by atoms with Gasteiger partial charge < -0.3 is 18.2 Å². The summed E-state index contributed by atoms with van der Waals surface area (Å²) < 4.78 is 19.8. The van der Waals surface area contributed by atoms with Crippen molar-refractivity contribution in [3.05, 3.63) is 200 Å². The normalized spacial score (nSPS) is 11.8. The number of benzene rings is 9. The largest absolute Gasteiger partial charge is 0.456 e. The third kappa shape index (κ3) is 5.09. The molecule has 0 spiro atoms. The van der Waals surface area contributed by atoms with E-state index in [2.05, 4.69) is 169 Å². The van der Waals surface area contributed by atoms with Crippen molar-refractivity contribution in [1.82, 2.24) is 0 Å². The number of fused-ring (bicyclic) bond motifs is 10. The van der Waals surface area contributed by atoms with Crippen LogP contribution in [-0.4, -0.2) is 0 Å². The van der Waals surface area contributed by atoms with Crippen molar-refractivity contribution in [1.29, 1.82) is 0 Å². The minimum absolute atomic E-state index is 0.825. The second-order valence-electron chi connectivity index (χ2n) is 14.8. The number of rotatable bonds is 6. The summed E-state index contributed by atoms with van der Waals surface area (Å²) >= 11 is 0. The van der Waals surface area contributed by atoms with Crippen LogP contribution in [0.2, 0.25) is 0 Å². The molecule has 58 heavy (non-hydrogen) atoms. The van der Waals surface area contributed by atoms with Crippen LogP contribution >= 0.6 is 0 Å². The first-order valence-electron chi connectivity index (χ1n) is 19.6. The molecule has 9 aromatic carbocycles. The molecule has 0 aliphatic carbocycles. The summed E-state index contributed by atoms with van der Waals surface area (Å²) in [6.07, 6.45) is 0. The fraction of sp³-hybridized carbons (Fsp3) is 0. The Balaban J connectivity index is 1.01. The monoisotopic (exact) mass is 743 g/mol. The molecule has 0 atom stereocenters. The molecule has 0 N–H and O–H groups in total. The highest BCUT2D eigenvalue weighted by Crippen LogP contribution is 2.46. The Labute approximate surface area is 333 Å². The maximum Gasteiger partial charge on any atom is 0.143 e. The summed E-state index contributed by atoms with van der Waals surface area (Å²) in [5, 5.41) is 6.43. The van der Waals surface area contributed by atoms with Gasteiger partial charge in [-0.05, 0) is 95.1 Å². The van der Waals surface area contributed by atoms with Gasteiger partial charge in [-0.3, -0.25) is 0 Å². The second-order valence-corrected chi connectivity index (χ2v) is 14.8. The first-order chi connectivity index (χ1) is 28.7. The predicted octanol–water partition coefficient (Wildman–Crippen LogP) is 15.9. The molecular formula is C54H33NO3. The molecule has 0 bridgehead atoms. The molecule has 0 radical (unpaired) electrons. The van der Waals surface area contributed by atoms with Gasteiger partial charge in [0.05, 0.1) is 0 Å². The van der Waals surface area contributed by atoms with Gasteiger partial charge in [-0.15, -0.1) is 0 Å². The Morgan fingerprint density at radius 3 is 1.48 bits per heavy atom. The van der Waals surface area contributed by atoms with Crippen LogP contribution in [0.4, 0.5) is 17.1 Å². The first-order valence-corrected chi connectivity index (χ1v) is 19.6. The van der Waals surface area contributed by atoms with Gasteiger partial charge >= 0.3 is 0 Å². The number of hydrogen-bond donors (Lipinski definition) is 0. The molecule has 12 rings (SSSR count). The molecule has 0 amide bonds. The minimum atomic E-state index is 0.825. The van der Waals surface area contributed by atoms with Crippen molar-refractivity contribution in [3.63, 3.8) is 0 Å². The highest BCUT2D eigenvalue weighted by molar-refractivity contribution is 6.27. The molecular weight excluding hydrogens is 711 g/mol. The molecule has 0 saturated carbocycles. The van der Waals surface area contributed by atoms with Crippen LogP contribution in [0.1, 0.15) is 0 Å². The summed E-state index contributed by atoms with van der Waals surface area (Å²) in [6.45, 7) is 0. The molecule has 12 aromatic rings. The fourth-order valence-corrected chi connectivity index (χ4v) is 8.78. The van der Waals surface area contributed by atoms with E-state index in [1.54, 1.807) is 0 Å². The Kier molecular flexibility index (Phi) is 7.20. The Morgan fingerprint density at radius 2 is 0.776 bits per heavy atom. The smallest absolute Gasteiger partial charge is 0.143 e. The van der Waals surface area contributed by atoms with Gasteiger partial charge in [0.25, 0.3) is 0 Å². The lowest BCUT2D eigenvalue weighted by Gasteiger charge is -2.25. The minimum Gasteiger partial charge on any atom is -0.456 e. The van der Waals surface area contributed by atoms with E-state index in [9.17, 15) is 0 Å². The molecule has 0 saturated heterocycles. The molecule has 272 valence electrons. The number of para-hydroxylation sites is 5. The topological polar surface area (TPSA) is 42.7 Å². The first kappa shape index (κ1) is 32.4. The van der Waals surface area contributed by atoms with Crippen LogP contribution in [0.15, 0.2) is 213 Å². The fourth-order valence-electron chi connectivity index (χ4n) is 8.78. The molecule has 3 aromatic heterocycles. The predicted molar refractivity (Wildman–Crippen MR) is 239 cm³/mol. The maximum atomic E-state index is 6.84. The van der Waals surface area contributed by atoms with Crippen molar-refractivity contribution >= 4 is 82.9 Å². The van der Waals surface area contributed by atoms with Crippen molar-refractivity contribution in [3.8, 4) is 33.4 Å². The number of hydrogen-bond acceptors (Lipinski definition) is 4. The lowest BCUT2D eigenvalue weighted by Crippen LogP contribution is -2.09. The van der Waals surface area contributed by atoms with Crippen molar-refractivity contribution in [2.45, 2.75) is 0 Å². The van der Waals surface area contributed by atoms with Crippen molar-refractivity contribution < 1.29 is 13.3 Å². The quantitative estimate of drug-likeness (QED) is 0.170. The lowest BCUT2D eigenvalue weighted by atomic mass is 9.93. The lowest BCUT2D eigenvalue weighted by molar-refractivity contribution is 0.663. The summed E-state index contributed by atoms with van der Waals surface area (Å²) in [5.74, 6) is 0. The zero-order chi connectivity index (χ0) is 38.2. The number of anilines is 3. The van der Waals surface area contributed by atoms with E-state index in [-0.39, 0.29) is 0 Å². The van der Waals surface area contributed by atoms with Gasteiger partial charge in [-0.25, -0.2) is 0 Å². The molecule has 0 unspecified atom stereocenters. The average molecular weight is 744 g/mol. The van der Waals surface area contributed by atoms with E-state index >= 15 is 0 Å². The van der Waals surface area contributed by atoms with Crippen LogP contribution in [0.25, 0.3) is 99.2 Å². The summed E-state index contributed by atoms with van der Waals surface area (Å²) in [6, 6.07) is 70.1. The Hall–Kier alpha value is -7.82. The van der Waals surface area contributed by atoms with Gasteiger partial charge in [0, 0.05) is 60.5 Å². The van der Waals surface area contributed by atoms with E-state index in [1.165, 1.54) is 0 Å². The standard InChI is InChI=1S/C54H33NO3/c1-3-12-38(13-4-1)55(39-14-5-2-6-15-39)40-28-26-35(27-29-40)34-22-24-36(25-23-34)45-32-37(41-18-11-19-43-42-16-7-9-20-47(42)57-53(41)43)33-46-52-50(58-54(45)46)31-30-49-51(52)44-17-8-10-21-48(44)56-49/h1-33H. The second kappa shape index (κ2) is 12.9. The molecule has 4 nitrogen and oxygen atoms in total. The van der Waals surface area contributed by atoms with Crippen LogP contribution in [-0.2, 0) is 0 Å². The van der Waals surface area contributed by atoms with Gasteiger partial charge in [0.15, 0.2) is 0 Å². The zero-order valence-corrected chi connectivity index (χ0v) is 31.2. The van der Waals surface area contributed by atoms with Crippen LogP contribution in [0.5, 0.6) is 0 Å². The van der Waals surface area contributed by atoms with Crippen molar-refractivity contribution in [2.24, 2.45) is 0 Å². The van der Waals surface area contributed by atoms with E-state index in [0.717, 1.165) is 116 Å². The molecule has 3 heterocycles. The van der Waals surface area contributed by atoms with Crippen LogP contribution in [0.3, 0.4) is 0 Å². The molecule has 0 aliphatic rings. The van der Waals surface area contributed by atoms with E-state index in [1.807, 2.05) is 36.4 Å². The van der Waals surface area contributed by atoms with Gasteiger partial charge in [-0.2, -0.15) is 0 Å². The van der Waals surface area contributed by atoms with E-state index in [4.69, 9.17) is 13.3 Å². The number of nitrogens with zero attached hydrogens (tertiary/aromatic N) is 1.